The molecule has 2 fully saturated rings. The van der Waals surface area contributed by atoms with Crippen molar-refractivity contribution in [3.8, 4) is 0 Å². The molecule has 2 heterocycles. The van der Waals surface area contributed by atoms with Gasteiger partial charge in [-0.2, -0.15) is 0 Å². The Morgan fingerprint density at radius 1 is 1.25 bits per heavy atom. The van der Waals surface area contributed by atoms with Gasteiger partial charge >= 0.3 is 0 Å². The minimum Gasteiger partial charge on any atom is -0.394 e. The number of hydrogen-bond acceptors (Lipinski definition) is 10. The molecule has 2 aliphatic carbocycles. The van der Waals surface area contributed by atoms with Crippen molar-refractivity contribution in [3.63, 3.8) is 0 Å². The number of halogens is 2. The van der Waals surface area contributed by atoms with Crippen LogP contribution in [0.2, 0.25) is 0 Å². The highest BCUT2D eigenvalue weighted by Crippen LogP contribution is 2.44. The molecule has 36 heavy (non-hydrogen) atoms. The summed E-state index contributed by atoms with van der Waals surface area (Å²) in [6.45, 7) is 1.73. The molecule has 5 rings (SSSR count). The Morgan fingerprint density at radius 3 is 2.86 bits per heavy atom. The van der Waals surface area contributed by atoms with Crippen LogP contribution in [0.25, 0.3) is 11.2 Å². The molecule has 0 aliphatic heterocycles. The average Bonchev–Trinajstić information content (AvgIpc) is 3.25. The third kappa shape index (κ3) is 4.90. The van der Waals surface area contributed by atoms with E-state index in [2.05, 4.69) is 25.6 Å². The fraction of sp³-hybridized carbons (Fsp3) is 0.565. The van der Waals surface area contributed by atoms with Crippen molar-refractivity contribution < 1.29 is 34.3 Å². The molecule has 2 saturated carbocycles. The number of thioether (sulfide) groups is 1. The normalized spacial score (nSPS) is 31.2. The molecule has 3 aromatic rings. The standard InChI is InChI=1S/C23H28F2N6O4S/c1-2-7-36-23-27-21(26-15-9-12(15)11-3-4-13(24)14(25)8-11)18-22(28-23)31(30-29-18)16-10-17(35-6-5-32)20(34)19(16)33/h3-4,8,12,15-17,19-20,32-34H,2,5-7,9-10H2,1H3,(H,26,27,28)/t12?,15-,16+,17-,19-,20+/m0/s1/i3D,4D,8D,12D. The summed E-state index contributed by atoms with van der Waals surface area (Å²) < 4.78 is 67.6. The number of rotatable bonds is 10. The molecule has 2 aromatic heterocycles. The van der Waals surface area contributed by atoms with Crippen molar-refractivity contribution >= 4 is 28.7 Å². The average molecular weight is 527 g/mol. The number of aliphatic hydroxyl groups excluding tert-OH is 3. The summed E-state index contributed by atoms with van der Waals surface area (Å²) >= 11 is 1.35. The van der Waals surface area contributed by atoms with Gasteiger partial charge < -0.3 is 25.4 Å². The largest absolute Gasteiger partial charge is 0.394 e. The van der Waals surface area contributed by atoms with Crippen molar-refractivity contribution in [1.29, 1.82) is 0 Å². The molecular formula is C23H28F2N6O4S. The van der Waals surface area contributed by atoms with E-state index in [-0.39, 0.29) is 48.6 Å². The topological polar surface area (TPSA) is 138 Å². The molecule has 1 unspecified atom stereocenters. The Bertz CT molecular complexity index is 1410. The zero-order valence-electron chi connectivity index (χ0n) is 23.3. The maximum absolute atomic E-state index is 14.3. The maximum Gasteiger partial charge on any atom is 0.191 e. The van der Waals surface area contributed by atoms with Crippen LogP contribution in [0, 0.1) is 11.6 Å². The number of aromatic nitrogens is 5. The molecule has 13 heteroatoms. The second kappa shape index (κ2) is 10.5. The van der Waals surface area contributed by atoms with Gasteiger partial charge in [-0.1, -0.05) is 29.9 Å². The van der Waals surface area contributed by atoms with E-state index >= 15 is 0 Å². The summed E-state index contributed by atoms with van der Waals surface area (Å²) in [5, 5.41) is 42.0. The van der Waals surface area contributed by atoms with Gasteiger partial charge in [-0.15, -0.1) is 5.10 Å². The first-order chi connectivity index (χ1) is 19.0. The van der Waals surface area contributed by atoms with Gasteiger partial charge in [-0.3, -0.25) is 0 Å². The third-order valence-corrected chi connectivity index (χ3v) is 7.17. The lowest BCUT2D eigenvalue weighted by Gasteiger charge is -2.17. The summed E-state index contributed by atoms with van der Waals surface area (Å²) in [4.78, 5) is 9.07. The number of nitrogens with zero attached hydrogens (tertiary/aromatic N) is 5. The van der Waals surface area contributed by atoms with Gasteiger partial charge in [-0.05, 0) is 30.5 Å². The van der Waals surface area contributed by atoms with Crippen LogP contribution in [0.3, 0.4) is 0 Å². The second-order valence-electron chi connectivity index (χ2n) is 8.63. The molecule has 0 saturated heterocycles. The van der Waals surface area contributed by atoms with Crippen molar-refractivity contribution in [2.45, 2.75) is 67.6 Å². The van der Waals surface area contributed by atoms with E-state index in [0.29, 0.717) is 10.9 Å². The van der Waals surface area contributed by atoms with Gasteiger partial charge in [0.2, 0.25) is 0 Å². The van der Waals surface area contributed by atoms with E-state index in [0.717, 1.165) is 6.42 Å². The summed E-state index contributed by atoms with van der Waals surface area (Å²) in [5.74, 6) is -3.99. The van der Waals surface area contributed by atoms with E-state index in [1.54, 1.807) is 0 Å². The van der Waals surface area contributed by atoms with Crippen molar-refractivity contribution in [1.82, 2.24) is 25.0 Å². The molecule has 0 amide bonds. The lowest BCUT2D eigenvalue weighted by atomic mass is 10.1. The summed E-state index contributed by atoms with van der Waals surface area (Å²) in [7, 11) is 0. The van der Waals surface area contributed by atoms with Crippen LogP contribution in [0.1, 0.15) is 49.2 Å². The van der Waals surface area contributed by atoms with Gasteiger partial charge in [0.25, 0.3) is 0 Å². The number of hydrogen-bond donors (Lipinski definition) is 4. The Hall–Kier alpha value is -2.45. The van der Waals surface area contributed by atoms with Crippen molar-refractivity contribution in [2.75, 3.05) is 24.3 Å². The monoisotopic (exact) mass is 526 g/mol. The van der Waals surface area contributed by atoms with E-state index in [1.807, 2.05) is 6.92 Å². The minimum absolute atomic E-state index is 0.0106. The molecule has 0 bridgehead atoms. The smallest absolute Gasteiger partial charge is 0.191 e. The zero-order chi connectivity index (χ0) is 28.9. The molecular weight excluding hydrogens is 494 g/mol. The third-order valence-electron chi connectivity index (χ3n) is 6.12. The number of anilines is 1. The van der Waals surface area contributed by atoms with Crippen molar-refractivity contribution in [3.05, 3.63) is 35.3 Å². The number of fused-ring (bicyclic) bond motifs is 1. The van der Waals surface area contributed by atoms with Gasteiger partial charge in [-0.25, -0.2) is 23.4 Å². The van der Waals surface area contributed by atoms with Crippen LogP contribution < -0.4 is 5.32 Å². The summed E-state index contributed by atoms with van der Waals surface area (Å²) in [5.41, 5.74) is 0.0515. The lowest BCUT2D eigenvalue weighted by Crippen LogP contribution is -2.33. The van der Waals surface area contributed by atoms with Crippen LogP contribution in [0.5, 0.6) is 0 Å². The number of aliphatic hydroxyl groups is 3. The van der Waals surface area contributed by atoms with Crippen molar-refractivity contribution in [2.24, 2.45) is 0 Å². The second-order valence-corrected chi connectivity index (χ2v) is 9.69. The van der Waals surface area contributed by atoms with Crippen LogP contribution in [0.4, 0.5) is 14.6 Å². The van der Waals surface area contributed by atoms with E-state index in [1.165, 1.54) is 16.4 Å². The minimum atomic E-state index is -1.69. The van der Waals surface area contributed by atoms with Gasteiger partial charge in [0.05, 0.1) is 29.5 Å². The van der Waals surface area contributed by atoms with E-state index < -0.39 is 66.1 Å². The fourth-order valence-electron chi connectivity index (χ4n) is 4.24. The summed E-state index contributed by atoms with van der Waals surface area (Å²) in [6.07, 6.45) is -2.19. The first kappa shape index (κ1) is 20.6. The molecule has 4 N–H and O–H groups in total. The first-order valence-electron chi connectivity index (χ1n) is 13.6. The molecule has 0 spiro atoms. The van der Waals surface area contributed by atoms with Gasteiger partial charge in [0.1, 0.15) is 12.2 Å². The Morgan fingerprint density at radius 2 is 2.08 bits per heavy atom. The predicted molar refractivity (Wildman–Crippen MR) is 128 cm³/mol. The van der Waals surface area contributed by atoms with E-state index in [9.17, 15) is 19.0 Å². The predicted octanol–water partition coefficient (Wildman–Crippen LogP) is 2.01. The highest BCUT2D eigenvalue weighted by atomic mass is 32.2. The molecule has 6 atom stereocenters. The molecule has 194 valence electrons. The van der Waals surface area contributed by atoms with Crippen LogP contribution in [-0.4, -0.2) is 83.6 Å². The zero-order valence-corrected chi connectivity index (χ0v) is 20.1. The molecule has 1 aromatic carbocycles. The van der Waals surface area contributed by atoms with Crippen LogP contribution >= 0.6 is 11.8 Å². The lowest BCUT2D eigenvalue weighted by molar-refractivity contribution is -0.0629. The fourth-order valence-corrected chi connectivity index (χ4v) is 4.93. The van der Waals surface area contributed by atoms with Crippen LogP contribution in [0.15, 0.2) is 23.3 Å². The van der Waals surface area contributed by atoms with Gasteiger partial charge in [0.15, 0.2) is 33.8 Å². The SMILES string of the molecule is [2H]c1c([2H])c(C2([2H])C[C@@H]2Nc2nc(SCCC)nc3c2nnn3[C@@H]2C[C@H](OCCO)[C@@H](O)[C@H]2O)c([2H])c(F)c1F. The maximum atomic E-state index is 14.3. The Balaban J connectivity index is 1.49. The highest BCUT2D eigenvalue weighted by Gasteiger charge is 2.45. The Labute approximate surface area is 215 Å². The van der Waals surface area contributed by atoms with Crippen LogP contribution in [-0.2, 0) is 4.74 Å². The molecule has 10 nitrogen and oxygen atoms in total. The highest BCUT2D eigenvalue weighted by molar-refractivity contribution is 7.99. The first-order valence-corrected chi connectivity index (χ1v) is 12.6. The Kier molecular flexibility index (Phi) is 6.01. The number of benzene rings is 1. The molecule has 0 radical (unpaired) electrons. The number of ether oxygens (including phenoxy) is 1. The van der Waals surface area contributed by atoms with E-state index in [4.69, 9.17) is 15.3 Å². The summed E-state index contributed by atoms with van der Waals surface area (Å²) in [6, 6.07) is -4.17. The van der Waals surface area contributed by atoms with Gasteiger partial charge in [0, 0.05) is 25.5 Å². The number of nitrogens with one attached hydrogen (secondary N) is 1. The quantitative estimate of drug-likeness (QED) is 0.229. The molecule has 2 aliphatic rings.